The second-order valence-corrected chi connectivity index (χ2v) is 9.35. The van der Waals surface area contributed by atoms with E-state index >= 15 is 4.39 Å². The summed E-state index contributed by atoms with van der Waals surface area (Å²) in [4.78, 5) is 18.7. The minimum Gasteiger partial charge on any atom is -0.433 e. The van der Waals surface area contributed by atoms with Gasteiger partial charge in [0.25, 0.3) is 5.91 Å². The number of carbonyl (C=O) groups excluding carboxylic acids is 1. The second kappa shape index (κ2) is 8.93. The van der Waals surface area contributed by atoms with Crippen LogP contribution in [0.2, 0.25) is 5.02 Å². The molecule has 1 heterocycles. The standard InChI is InChI=1S/C18H22ClFN4O3S/c1-5-12(24-28(26)18(2,3)4)10-6-7-11(19)16(15(10)20)27-14-9-22-13(8-23-14)17(21)25/h6-9,12,24H,5H2,1-4H3,(H2,21,25)/t12-,28?/m1/s1. The molecule has 1 aromatic heterocycles. The second-order valence-electron chi connectivity index (χ2n) is 6.95. The Bertz CT molecular complexity index is 888. The van der Waals surface area contributed by atoms with Gasteiger partial charge in [-0.15, -0.1) is 0 Å². The molecule has 10 heteroatoms. The maximum Gasteiger partial charge on any atom is 0.268 e. The van der Waals surface area contributed by atoms with Crippen LogP contribution in [0.4, 0.5) is 4.39 Å². The number of amides is 1. The van der Waals surface area contributed by atoms with Gasteiger partial charge < -0.3 is 10.5 Å². The Morgan fingerprint density at radius 3 is 2.54 bits per heavy atom. The molecule has 1 aromatic carbocycles. The van der Waals surface area contributed by atoms with Crippen molar-refractivity contribution < 1.29 is 18.1 Å². The Balaban J connectivity index is 2.34. The van der Waals surface area contributed by atoms with Gasteiger partial charge in [-0.2, -0.15) is 0 Å². The summed E-state index contributed by atoms with van der Waals surface area (Å²) in [5, 5.41) is 0.0359. The predicted molar refractivity (Wildman–Crippen MR) is 106 cm³/mol. The number of nitrogens with one attached hydrogen (secondary N) is 1. The summed E-state index contributed by atoms with van der Waals surface area (Å²) in [5.74, 6) is -1.73. The third kappa shape index (κ3) is 5.24. The predicted octanol–water partition coefficient (Wildman–Crippen LogP) is 3.66. The lowest BCUT2D eigenvalue weighted by molar-refractivity contribution is 0.0995. The summed E-state index contributed by atoms with van der Waals surface area (Å²) in [6.07, 6.45) is 2.76. The number of nitrogens with zero attached hydrogens (tertiary/aromatic N) is 2. The number of nitrogens with two attached hydrogens (primary N) is 1. The monoisotopic (exact) mass is 428 g/mol. The minimum absolute atomic E-state index is 0.0359. The number of hydrogen-bond donors (Lipinski definition) is 2. The van der Waals surface area contributed by atoms with Crippen LogP contribution < -0.4 is 15.2 Å². The van der Waals surface area contributed by atoms with Crippen LogP contribution in [0.25, 0.3) is 0 Å². The highest BCUT2D eigenvalue weighted by Crippen LogP contribution is 2.36. The molecule has 0 aliphatic carbocycles. The summed E-state index contributed by atoms with van der Waals surface area (Å²) < 4.78 is 35.4. The fourth-order valence-corrected chi connectivity index (χ4v) is 3.27. The first-order valence-corrected chi connectivity index (χ1v) is 10.0. The maximum absolute atomic E-state index is 15.1. The summed E-state index contributed by atoms with van der Waals surface area (Å²) in [7, 11) is -1.39. The number of ether oxygens (including phenoxy) is 1. The van der Waals surface area contributed by atoms with Crippen molar-refractivity contribution in [3.8, 4) is 11.6 Å². The molecule has 152 valence electrons. The molecule has 28 heavy (non-hydrogen) atoms. The molecule has 7 nitrogen and oxygen atoms in total. The zero-order valence-corrected chi connectivity index (χ0v) is 17.5. The normalized spacial score (nSPS) is 13.8. The van der Waals surface area contributed by atoms with E-state index in [9.17, 15) is 9.00 Å². The van der Waals surface area contributed by atoms with Crippen molar-refractivity contribution in [2.45, 2.75) is 44.9 Å². The Morgan fingerprint density at radius 1 is 1.36 bits per heavy atom. The first-order valence-electron chi connectivity index (χ1n) is 8.50. The summed E-state index contributed by atoms with van der Waals surface area (Å²) in [6.45, 7) is 7.32. The molecular formula is C18H22ClFN4O3S. The average molecular weight is 429 g/mol. The van der Waals surface area contributed by atoms with Crippen molar-refractivity contribution in [2.75, 3.05) is 0 Å². The van der Waals surface area contributed by atoms with E-state index in [0.717, 1.165) is 12.4 Å². The number of rotatable bonds is 7. The topological polar surface area (TPSA) is 107 Å². The molecule has 2 rings (SSSR count). The fraction of sp³-hybridized carbons (Fsp3) is 0.389. The molecule has 3 N–H and O–H groups in total. The molecule has 0 radical (unpaired) electrons. The van der Waals surface area contributed by atoms with Crippen LogP contribution in [0.3, 0.4) is 0 Å². The van der Waals surface area contributed by atoms with E-state index < -0.39 is 33.5 Å². The third-order valence-electron chi connectivity index (χ3n) is 3.76. The van der Waals surface area contributed by atoms with E-state index in [1.54, 1.807) is 0 Å². The van der Waals surface area contributed by atoms with Crippen molar-refractivity contribution in [3.05, 3.63) is 46.6 Å². The summed E-state index contributed by atoms with van der Waals surface area (Å²) >= 11 is 6.09. The van der Waals surface area contributed by atoms with Gasteiger partial charge in [0.1, 0.15) is 5.69 Å². The molecule has 0 spiro atoms. The average Bonchev–Trinajstić information content (AvgIpc) is 2.63. The van der Waals surface area contributed by atoms with Crippen molar-refractivity contribution >= 4 is 28.5 Å². The number of hydrogen-bond acceptors (Lipinski definition) is 5. The SMILES string of the molecule is CC[C@@H](NS(=O)C(C)(C)C)c1ccc(Cl)c(Oc2cnc(C(N)=O)cn2)c1F. The number of aromatic nitrogens is 2. The zero-order chi connectivity index (χ0) is 21.1. The van der Waals surface area contributed by atoms with Gasteiger partial charge in [-0.25, -0.2) is 23.3 Å². The van der Waals surface area contributed by atoms with E-state index in [4.69, 9.17) is 22.1 Å². The van der Waals surface area contributed by atoms with E-state index in [0.29, 0.717) is 6.42 Å². The zero-order valence-electron chi connectivity index (χ0n) is 16.0. The van der Waals surface area contributed by atoms with Crippen LogP contribution in [0.15, 0.2) is 24.5 Å². The van der Waals surface area contributed by atoms with Crippen LogP contribution in [0.1, 0.15) is 56.2 Å². The molecule has 1 amide bonds. The van der Waals surface area contributed by atoms with Gasteiger partial charge in [0.2, 0.25) is 5.88 Å². The molecule has 0 bridgehead atoms. The molecule has 0 fully saturated rings. The summed E-state index contributed by atoms with van der Waals surface area (Å²) in [5.41, 5.74) is 5.32. The first kappa shape index (κ1) is 22.2. The van der Waals surface area contributed by atoms with Gasteiger partial charge in [-0.05, 0) is 33.3 Å². The lowest BCUT2D eigenvalue weighted by Crippen LogP contribution is -2.35. The Kier molecular flexibility index (Phi) is 7.08. The highest BCUT2D eigenvalue weighted by Gasteiger charge is 2.26. The van der Waals surface area contributed by atoms with Gasteiger partial charge in [0.05, 0.1) is 33.1 Å². The van der Waals surface area contributed by atoms with Crippen LogP contribution in [-0.2, 0) is 11.0 Å². The fourth-order valence-electron chi connectivity index (χ4n) is 2.18. The maximum atomic E-state index is 15.1. The van der Waals surface area contributed by atoms with Gasteiger partial charge in [0, 0.05) is 11.6 Å². The number of primary amides is 1. The minimum atomic E-state index is -1.39. The lowest BCUT2D eigenvalue weighted by atomic mass is 10.0. The van der Waals surface area contributed by atoms with Crippen LogP contribution in [0, 0.1) is 5.82 Å². The molecule has 0 aliphatic rings. The van der Waals surface area contributed by atoms with Gasteiger partial charge in [0.15, 0.2) is 11.6 Å². The largest absolute Gasteiger partial charge is 0.433 e. The van der Waals surface area contributed by atoms with Gasteiger partial charge in [-0.3, -0.25) is 4.79 Å². The van der Waals surface area contributed by atoms with Crippen LogP contribution in [-0.4, -0.2) is 24.8 Å². The Morgan fingerprint density at radius 2 is 2.04 bits per heavy atom. The first-order chi connectivity index (χ1) is 13.0. The van der Waals surface area contributed by atoms with Crippen LogP contribution in [0.5, 0.6) is 11.6 Å². The van der Waals surface area contributed by atoms with E-state index in [1.807, 2.05) is 27.7 Å². The number of carbonyl (C=O) groups is 1. The molecule has 0 aliphatic heterocycles. The lowest BCUT2D eigenvalue weighted by Gasteiger charge is -2.24. The van der Waals surface area contributed by atoms with Gasteiger partial charge in [-0.1, -0.05) is 24.6 Å². The molecule has 2 atom stereocenters. The summed E-state index contributed by atoms with van der Waals surface area (Å²) in [6, 6.07) is 2.50. The van der Waals surface area contributed by atoms with E-state index in [-0.39, 0.29) is 27.9 Å². The third-order valence-corrected chi connectivity index (χ3v) is 5.66. The van der Waals surface area contributed by atoms with Crippen LogP contribution >= 0.6 is 11.6 Å². The Hall–Kier alpha value is -2.10. The van der Waals surface area contributed by atoms with E-state index in [2.05, 4.69) is 14.7 Å². The molecule has 1 unspecified atom stereocenters. The number of halogens is 2. The smallest absolute Gasteiger partial charge is 0.268 e. The Labute approximate surface area is 170 Å². The van der Waals surface area contributed by atoms with Crippen molar-refractivity contribution in [3.63, 3.8) is 0 Å². The molecular weight excluding hydrogens is 407 g/mol. The van der Waals surface area contributed by atoms with E-state index in [1.165, 1.54) is 12.1 Å². The van der Waals surface area contributed by atoms with Crippen molar-refractivity contribution in [1.29, 1.82) is 0 Å². The van der Waals surface area contributed by atoms with Crippen molar-refractivity contribution in [2.24, 2.45) is 5.73 Å². The quantitative estimate of drug-likeness (QED) is 0.699. The van der Waals surface area contributed by atoms with Crippen molar-refractivity contribution in [1.82, 2.24) is 14.7 Å². The highest BCUT2D eigenvalue weighted by atomic mass is 35.5. The van der Waals surface area contributed by atoms with Gasteiger partial charge >= 0.3 is 0 Å². The highest BCUT2D eigenvalue weighted by molar-refractivity contribution is 7.84. The molecule has 2 aromatic rings. The molecule has 0 saturated heterocycles. The molecule has 0 saturated carbocycles. The number of benzene rings is 1.